The van der Waals surface area contributed by atoms with E-state index in [9.17, 15) is 20.3 Å². The van der Waals surface area contributed by atoms with Gasteiger partial charge in [-0.2, -0.15) is 5.26 Å². The minimum atomic E-state index is -0.842. The van der Waals surface area contributed by atoms with Gasteiger partial charge in [0, 0.05) is 61.3 Å². The first kappa shape index (κ1) is 39.3. The number of nitriles is 1. The van der Waals surface area contributed by atoms with Gasteiger partial charge in [0.05, 0.1) is 27.8 Å². The molecule has 1 aromatic heterocycles. The lowest BCUT2D eigenvalue weighted by Gasteiger charge is -2.33. The maximum Gasteiger partial charge on any atom is 0.320 e. The number of aliphatic hydroxyl groups excluding tert-OH is 1. The molecular formula is C42H46Cl2N4O6. The van der Waals surface area contributed by atoms with E-state index in [0.717, 1.165) is 72.2 Å². The lowest BCUT2D eigenvalue weighted by atomic mass is 9.96. The number of aliphatic hydroxyl groups is 1. The molecule has 0 saturated carbocycles. The Morgan fingerprint density at radius 2 is 1.78 bits per heavy atom. The summed E-state index contributed by atoms with van der Waals surface area (Å²) in [5.74, 6) is 0.708. The molecule has 2 aliphatic heterocycles. The zero-order valence-corrected chi connectivity index (χ0v) is 32.2. The number of carbonyl (C=O) groups is 1. The van der Waals surface area contributed by atoms with Crippen molar-refractivity contribution >= 4 is 29.2 Å². The normalized spacial score (nSPS) is 18.2. The fourth-order valence-electron chi connectivity index (χ4n) is 7.16. The molecule has 2 fully saturated rings. The highest BCUT2D eigenvalue weighted by Gasteiger charge is 2.29. The van der Waals surface area contributed by atoms with Crippen LogP contribution in [-0.4, -0.2) is 75.4 Å². The lowest BCUT2D eigenvalue weighted by molar-refractivity contribution is -0.144. The van der Waals surface area contributed by atoms with Gasteiger partial charge in [0.1, 0.15) is 42.6 Å². The number of pyridine rings is 1. The Bertz CT molecular complexity index is 1990. The van der Waals surface area contributed by atoms with Crippen molar-refractivity contribution in [3.63, 3.8) is 0 Å². The molecule has 3 aromatic carbocycles. The molecule has 4 aromatic rings. The molecule has 0 aliphatic carbocycles. The smallest absolute Gasteiger partial charge is 0.320 e. The molecule has 6 rings (SSSR count). The Labute approximate surface area is 326 Å². The van der Waals surface area contributed by atoms with Crippen LogP contribution in [0.5, 0.6) is 17.2 Å². The topological polar surface area (TPSA) is 128 Å². The molecule has 54 heavy (non-hydrogen) atoms. The number of carboxylic acid groups (broad SMARTS) is 1. The third-order valence-electron chi connectivity index (χ3n) is 10.2. The number of halogens is 2. The average Bonchev–Trinajstić information content (AvgIpc) is 3.59. The summed E-state index contributed by atoms with van der Waals surface area (Å²) < 4.78 is 19.0. The number of nitrogens with zero attached hydrogens (tertiary/aromatic N) is 4. The molecular weight excluding hydrogens is 727 g/mol. The third-order valence-corrected chi connectivity index (χ3v) is 10.9. The second kappa shape index (κ2) is 18.3. The van der Waals surface area contributed by atoms with E-state index >= 15 is 0 Å². The van der Waals surface area contributed by atoms with Gasteiger partial charge < -0.3 is 29.3 Å². The van der Waals surface area contributed by atoms with Crippen LogP contribution in [0.15, 0.2) is 67.0 Å². The average molecular weight is 774 g/mol. The Balaban J connectivity index is 1.19. The molecule has 284 valence electrons. The molecule has 0 amide bonds. The maximum atomic E-state index is 12.1. The largest absolute Gasteiger partial charge is 0.489 e. The second-order valence-corrected chi connectivity index (χ2v) is 14.9. The van der Waals surface area contributed by atoms with Crippen molar-refractivity contribution in [2.45, 2.75) is 84.0 Å². The summed E-state index contributed by atoms with van der Waals surface area (Å²) in [6.07, 6.45) is 6.83. The third kappa shape index (κ3) is 9.83. The first-order valence-electron chi connectivity index (χ1n) is 18.4. The summed E-state index contributed by atoms with van der Waals surface area (Å²) in [5.41, 5.74) is 5.64. The minimum absolute atomic E-state index is 0.0563. The molecule has 0 radical (unpaired) electrons. The molecule has 2 aliphatic rings. The predicted molar refractivity (Wildman–Crippen MR) is 208 cm³/mol. The van der Waals surface area contributed by atoms with Crippen LogP contribution < -0.4 is 14.2 Å². The van der Waals surface area contributed by atoms with E-state index in [1.54, 1.807) is 24.4 Å². The van der Waals surface area contributed by atoms with Gasteiger partial charge >= 0.3 is 5.97 Å². The zero-order chi connectivity index (χ0) is 38.2. The van der Waals surface area contributed by atoms with Gasteiger partial charge in [-0.15, -0.1) is 0 Å². The van der Waals surface area contributed by atoms with Crippen LogP contribution in [0.3, 0.4) is 0 Å². The molecule has 3 atom stereocenters. The molecule has 12 heteroatoms. The number of benzene rings is 3. The first-order chi connectivity index (χ1) is 26.1. The van der Waals surface area contributed by atoms with E-state index in [2.05, 4.69) is 16.0 Å². The molecule has 2 N–H and O–H groups in total. The van der Waals surface area contributed by atoms with E-state index in [1.165, 1.54) is 6.20 Å². The number of hydrogen-bond donors (Lipinski definition) is 2. The Morgan fingerprint density at radius 3 is 2.56 bits per heavy atom. The number of ether oxygens (including phenoxy) is 3. The summed E-state index contributed by atoms with van der Waals surface area (Å²) in [6, 6.07) is 18.6. The number of aromatic nitrogens is 1. The number of β-amino-alcohol motifs (C(OH)–C–C–N with tert-alkyl or cyclic N) is 1. The van der Waals surface area contributed by atoms with Crippen molar-refractivity contribution in [2.75, 3.05) is 26.2 Å². The minimum Gasteiger partial charge on any atom is -0.489 e. The SMILES string of the molecule is Cc1c(COc2cc(OCc3cncc(C#N)c3)c(CN3CCCC[C@H]3C(=O)O)cc2Cl)cccc1-c1cccc(O[C@@H](C)CCN2CC[C@@H](O)C2)c1Cl. The van der Waals surface area contributed by atoms with Gasteiger partial charge in [0.25, 0.3) is 0 Å². The number of piperidine rings is 1. The molecule has 3 heterocycles. The maximum absolute atomic E-state index is 12.1. The van der Waals surface area contributed by atoms with Crippen molar-refractivity contribution in [3.05, 3.63) is 105 Å². The molecule has 0 bridgehead atoms. The van der Waals surface area contributed by atoms with Crippen molar-refractivity contribution in [1.29, 1.82) is 5.26 Å². The van der Waals surface area contributed by atoms with Crippen molar-refractivity contribution in [3.8, 4) is 34.4 Å². The van der Waals surface area contributed by atoms with E-state index < -0.39 is 12.0 Å². The van der Waals surface area contributed by atoms with Gasteiger partial charge in [0.15, 0.2) is 0 Å². The number of hydrogen-bond acceptors (Lipinski definition) is 9. The first-order valence-corrected chi connectivity index (χ1v) is 19.2. The standard InChI is InChI=1S/C42H46Cl2N4O6/c1-27(12-15-47-16-13-33(49)24-47)54-38-11-6-9-35(41(38)44)34-8-5-7-31(28(34)2)26-53-40-19-39(52-25-30-17-29(20-45)21-46-22-30)32(18-36(40)43)23-48-14-4-3-10-37(48)42(50)51/h5-9,11,17-19,21-22,27,33,37,49H,3-4,10,12-16,23-26H2,1-2H3,(H,50,51)/t27-,33+,37-/m0/s1. The van der Waals surface area contributed by atoms with Crippen LogP contribution in [0.4, 0.5) is 0 Å². The van der Waals surface area contributed by atoms with Crippen LogP contribution in [0, 0.1) is 18.3 Å². The summed E-state index contributed by atoms with van der Waals surface area (Å²) in [4.78, 5) is 20.4. The highest BCUT2D eigenvalue weighted by Crippen LogP contribution is 2.39. The molecule has 2 saturated heterocycles. The van der Waals surface area contributed by atoms with Gasteiger partial charge in [0.2, 0.25) is 0 Å². The number of likely N-dealkylation sites (tertiary alicyclic amines) is 2. The summed E-state index contributed by atoms with van der Waals surface area (Å²) in [5, 5.41) is 30.0. The van der Waals surface area contributed by atoms with Crippen molar-refractivity contribution in [1.82, 2.24) is 14.8 Å². The van der Waals surface area contributed by atoms with E-state index in [-0.39, 0.29) is 25.4 Å². The summed E-state index contributed by atoms with van der Waals surface area (Å²) in [7, 11) is 0. The van der Waals surface area contributed by atoms with Crippen LogP contribution in [0.25, 0.3) is 11.1 Å². The number of rotatable bonds is 15. The Hall–Kier alpha value is -4.37. The van der Waals surface area contributed by atoms with Crippen LogP contribution in [0.1, 0.15) is 66.8 Å². The zero-order valence-electron chi connectivity index (χ0n) is 30.6. The van der Waals surface area contributed by atoms with Crippen molar-refractivity contribution < 1.29 is 29.2 Å². The lowest BCUT2D eigenvalue weighted by Crippen LogP contribution is -2.44. The molecule has 0 unspecified atom stereocenters. The van der Waals surface area contributed by atoms with E-state index in [1.807, 2.05) is 55.1 Å². The van der Waals surface area contributed by atoms with Crippen LogP contribution in [0.2, 0.25) is 10.0 Å². The predicted octanol–water partition coefficient (Wildman–Crippen LogP) is 8.06. The summed E-state index contributed by atoms with van der Waals surface area (Å²) in [6.45, 7) is 7.89. The monoisotopic (exact) mass is 772 g/mol. The van der Waals surface area contributed by atoms with Gasteiger partial charge in [-0.1, -0.05) is 60.0 Å². The molecule has 0 spiro atoms. The number of aliphatic carboxylic acids is 1. The van der Waals surface area contributed by atoms with Crippen molar-refractivity contribution in [2.24, 2.45) is 0 Å². The highest BCUT2D eigenvalue weighted by molar-refractivity contribution is 6.35. The highest BCUT2D eigenvalue weighted by atomic mass is 35.5. The fourth-order valence-corrected chi connectivity index (χ4v) is 7.68. The Kier molecular flexibility index (Phi) is 13.3. The van der Waals surface area contributed by atoms with E-state index in [4.69, 9.17) is 37.4 Å². The van der Waals surface area contributed by atoms with Gasteiger partial charge in [-0.3, -0.25) is 14.7 Å². The molecule has 10 nitrogen and oxygen atoms in total. The van der Waals surface area contributed by atoms with Crippen LogP contribution in [-0.2, 0) is 24.6 Å². The van der Waals surface area contributed by atoms with Crippen LogP contribution >= 0.6 is 23.2 Å². The van der Waals surface area contributed by atoms with E-state index in [0.29, 0.717) is 58.9 Å². The van der Waals surface area contributed by atoms with Gasteiger partial charge in [-0.05, 0) is 81.0 Å². The quantitative estimate of drug-likeness (QED) is 0.123. The summed E-state index contributed by atoms with van der Waals surface area (Å²) >= 11 is 13.8. The number of carboxylic acids is 1. The Morgan fingerprint density at radius 1 is 0.981 bits per heavy atom. The second-order valence-electron chi connectivity index (χ2n) is 14.1. The fraction of sp³-hybridized carbons (Fsp3) is 0.405. The van der Waals surface area contributed by atoms with Gasteiger partial charge in [-0.25, -0.2) is 0 Å².